The quantitative estimate of drug-likeness (QED) is 0.917. The van der Waals surface area contributed by atoms with Gasteiger partial charge in [-0.3, -0.25) is 4.79 Å². The Hall–Kier alpha value is -1.68. The number of amides is 1. The molecule has 96 valence electrons. The Morgan fingerprint density at radius 1 is 1.39 bits per heavy atom. The molecule has 0 radical (unpaired) electrons. The van der Waals surface area contributed by atoms with Gasteiger partial charge in [0.1, 0.15) is 0 Å². The Morgan fingerprint density at radius 2 is 2.11 bits per heavy atom. The van der Waals surface area contributed by atoms with Crippen molar-refractivity contribution in [2.75, 3.05) is 0 Å². The average Bonchev–Trinajstić information content (AvgIpc) is 2.83. The highest BCUT2D eigenvalue weighted by Gasteiger charge is 2.04. The summed E-state index contributed by atoms with van der Waals surface area (Å²) in [7, 11) is 0. The van der Waals surface area contributed by atoms with Crippen LogP contribution >= 0.6 is 11.3 Å². The summed E-state index contributed by atoms with van der Waals surface area (Å²) in [5.41, 5.74) is 5.22. The monoisotopic (exact) mass is 262 g/mol. The predicted octanol–water partition coefficient (Wildman–Crippen LogP) is 3.39. The molecule has 0 spiro atoms. The van der Waals surface area contributed by atoms with Crippen LogP contribution in [0.1, 0.15) is 26.0 Å². The number of aryl methyl sites for hydroxylation is 1. The number of benzene rings is 1. The number of aromatic nitrogens is 1. The van der Waals surface area contributed by atoms with E-state index in [1.807, 2.05) is 31.5 Å². The van der Waals surface area contributed by atoms with Crippen molar-refractivity contribution in [3.8, 4) is 10.4 Å². The summed E-state index contributed by atoms with van der Waals surface area (Å²) in [5, 5.41) is 2.87. The number of carbonyl (C=O) groups excluding carboxylic acids is 1. The Labute approximate surface area is 112 Å². The Bertz CT molecular complexity index is 537. The molecule has 0 bridgehead atoms. The third-order valence-electron chi connectivity index (χ3n) is 2.77. The SMILES string of the molecule is CCC(=O)NCc1ccc(-c2scnc2C)cc1.[HH]. The van der Waals surface area contributed by atoms with E-state index in [0.29, 0.717) is 13.0 Å². The van der Waals surface area contributed by atoms with Crippen LogP contribution in [0.15, 0.2) is 29.8 Å². The van der Waals surface area contributed by atoms with E-state index in [0.717, 1.165) is 11.3 Å². The summed E-state index contributed by atoms with van der Waals surface area (Å²) in [4.78, 5) is 16.6. The number of nitrogens with one attached hydrogen (secondary N) is 1. The molecular formula is C14H18N2OS. The fourth-order valence-electron chi connectivity index (χ4n) is 1.68. The van der Waals surface area contributed by atoms with Gasteiger partial charge in [0.15, 0.2) is 0 Å². The lowest BCUT2D eigenvalue weighted by Gasteiger charge is -2.05. The van der Waals surface area contributed by atoms with Crippen LogP contribution in [0.25, 0.3) is 10.4 Å². The van der Waals surface area contributed by atoms with Crippen molar-refractivity contribution in [1.29, 1.82) is 0 Å². The summed E-state index contributed by atoms with van der Waals surface area (Å²) >= 11 is 1.65. The molecule has 0 fully saturated rings. The third-order valence-corrected chi connectivity index (χ3v) is 3.75. The normalized spacial score (nSPS) is 10.3. The minimum absolute atomic E-state index is 0. The van der Waals surface area contributed by atoms with Gasteiger partial charge in [-0.1, -0.05) is 31.2 Å². The molecule has 1 amide bonds. The van der Waals surface area contributed by atoms with E-state index in [9.17, 15) is 4.79 Å². The number of carbonyl (C=O) groups is 1. The predicted molar refractivity (Wildman–Crippen MR) is 76.5 cm³/mol. The van der Waals surface area contributed by atoms with Crippen LogP contribution in [-0.2, 0) is 11.3 Å². The van der Waals surface area contributed by atoms with Gasteiger partial charge in [0.2, 0.25) is 5.91 Å². The van der Waals surface area contributed by atoms with Crippen LogP contribution in [0.2, 0.25) is 0 Å². The maximum atomic E-state index is 11.2. The van der Waals surface area contributed by atoms with Crippen molar-refractivity contribution in [2.24, 2.45) is 0 Å². The van der Waals surface area contributed by atoms with Gasteiger partial charge in [-0.15, -0.1) is 11.3 Å². The molecule has 1 N–H and O–H groups in total. The van der Waals surface area contributed by atoms with Crippen molar-refractivity contribution in [2.45, 2.75) is 26.8 Å². The third kappa shape index (κ3) is 2.96. The topological polar surface area (TPSA) is 42.0 Å². The second kappa shape index (κ2) is 5.78. The van der Waals surface area contributed by atoms with Crippen LogP contribution in [0, 0.1) is 6.92 Å². The van der Waals surface area contributed by atoms with Crippen LogP contribution in [0.5, 0.6) is 0 Å². The summed E-state index contributed by atoms with van der Waals surface area (Å²) in [6.45, 7) is 4.46. The van der Waals surface area contributed by atoms with Gasteiger partial charge in [-0.25, -0.2) is 4.98 Å². The lowest BCUT2D eigenvalue weighted by molar-refractivity contribution is -0.120. The van der Waals surface area contributed by atoms with E-state index in [4.69, 9.17) is 0 Å². The van der Waals surface area contributed by atoms with Crippen LogP contribution < -0.4 is 5.32 Å². The smallest absolute Gasteiger partial charge is 0.219 e. The molecule has 2 aromatic rings. The van der Waals surface area contributed by atoms with Gasteiger partial charge in [0.05, 0.1) is 16.1 Å². The van der Waals surface area contributed by atoms with E-state index in [2.05, 4.69) is 22.4 Å². The first-order chi connectivity index (χ1) is 8.70. The second-order valence-corrected chi connectivity index (χ2v) is 4.95. The number of hydrogen-bond donors (Lipinski definition) is 1. The zero-order chi connectivity index (χ0) is 13.0. The molecule has 4 heteroatoms. The highest BCUT2D eigenvalue weighted by molar-refractivity contribution is 7.13. The average molecular weight is 262 g/mol. The molecule has 0 aliphatic rings. The molecule has 1 aromatic carbocycles. The molecule has 0 unspecified atom stereocenters. The van der Waals surface area contributed by atoms with E-state index in [1.54, 1.807) is 11.3 Å². The zero-order valence-electron chi connectivity index (χ0n) is 10.6. The molecule has 2 rings (SSSR count). The Morgan fingerprint density at radius 3 is 2.67 bits per heavy atom. The first-order valence-electron chi connectivity index (χ1n) is 5.96. The van der Waals surface area contributed by atoms with E-state index in [1.165, 1.54) is 10.4 Å². The molecule has 0 saturated heterocycles. The molecule has 3 nitrogen and oxygen atoms in total. The highest BCUT2D eigenvalue weighted by atomic mass is 32.1. The molecule has 0 saturated carbocycles. The number of hydrogen-bond acceptors (Lipinski definition) is 3. The fraction of sp³-hybridized carbons (Fsp3) is 0.286. The summed E-state index contributed by atoms with van der Waals surface area (Å²) < 4.78 is 0. The van der Waals surface area contributed by atoms with Crippen LogP contribution in [0.3, 0.4) is 0 Å². The van der Waals surface area contributed by atoms with E-state index >= 15 is 0 Å². The maximum Gasteiger partial charge on any atom is 0.219 e. The zero-order valence-corrected chi connectivity index (χ0v) is 11.4. The lowest BCUT2D eigenvalue weighted by atomic mass is 10.1. The minimum Gasteiger partial charge on any atom is -0.352 e. The van der Waals surface area contributed by atoms with Gasteiger partial charge in [-0.05, 0) is 18.1 Å². The van der Waals surface area contributed by atoms with Crippen LogP contribution in [0.4, 0.5) is 0 Å². The molecule has 0 atom stereocenters. The van der Waals surface area contributed by atoms with Gasteiger partial charge in [-0.2, -0.15) is 0 Å². The van der Waals surface area contributed by atoms with Gasteiger partial charge >= 0.3 is 0 Å². The standard InChI is InChI=1S/C14H16N2OS.H2/c1-3-13(17)15-8-11-4-6-12(7-5-11)14-10(2)16-9-18-14;/h4-7,9H,3,8H2,1-2H3,(H,15,17);1H. The first kappa shape index (κ1) is 12.8. The Balaban J connectivity index is 0.00000180. The first-order valence-corrected chi connectivity index (χ1v) is 6.84. The number of nitrogens with zero attached hydrogens (tertiary/aromatic N) is 1. The van der Waals surface area contributed by atoms with Gasteiger partial charge in [0.25, 0.3) is 0 Å². The van der Waals surface area contributed by atoms with Crippen molar-refractivity contribution in [3.05, 3.63) is 41.0 Å². The van der Waals surface area contributed by atoms with Gasteiger partial charge < -0.3 is 5.32 Å². The number of thiazole rings is 1. The van der Waals surface area contributed by atoms with Crippen molar-refractivity contribution >= 4 is 17.2 Å². The highest BCUT2D eigenvalue weighted by Crippen LogP contribution is 2.27. The van der Waals surface area contributed by atoms with Crippen molar-refractivity contribution in [3.63, 3.8) is 0 Å². The molecule has 1 heterocycles. The lowest BCUT2D eigenvalue weighted by Crippen LogP contribution is -2.21. The minimum atomic E-state index is 0. The molecule has 0 aliphatic heterocycles. The maximum absolute atomic E-state index is 11.2. The molecule has 1 aromatic heterocycles. The van der Waals surface area contributed by atoms with Crippen molar-refractivity contribution < 1.29 is 6.22 Å². The largest absolute Gasteiger partial charge is 0.352 e. The number of rotatable bonds is 4. The second-order valence-electron chi connectivity index (χ2n) is 4.09. The van der Waals surface area contributed by atoms with Crippen molar-refractivity contribution in [1.82, 2.24) is 10.3 Å². The summed E-state index contributed by atoms with van der Waals surface area (Å²) in [6, 6.07) is 8.25. The fourth-order valence-corrected chi connectivity index (χ4v) is 2.49. The molecular weight excluding hydrogens is 244 g/mol. The Kier molecular flexibility index (Phi) is 4.10. The summed E-state index contributed by atoms with van der Waals surface area (Å²) in [5.74, 6) is 0.0809. The van der Waals surface area contributed by atoms with E-state index < -0.39 is 0 Å². The van der Waals surface area contributed by atoms with Gasteiger partial charge in [0, 0.05) is 14.4 Å². The summed E-state index contributed by atoms with van der Waals surface area (Å²) in [6.07, 6.45) is 0.526. The van der Waals surface area contributed by atoms with Crippen LogP contribution in [-0.4, -0.2) is 10.9 Å². The van der Waals surface area contributed by atoms with E-state index in [-0.39, 0.29) is 7.33 Å². The molecule has 0 aliphatic carbocycles. The molecule has 18 heavy (non-hydrogen) atoms.